The lowest BCUT2D eigenvalue weighted by Crippen LogP contribution is -2.26. The summed E-state index contributed by atoms with van der Waals surface area (Å²) in [5.41, 5.74) is 6.07. The van der Waals surface area contributed by atoms with Crippen LogP contribution in [0.3, 0.4) is 0 Å². The van der Waals surface area contributed by atoms with E-state index in [1.165, 1.54) is 29.2 Å². The Hall–Kier alpha value is -1.77. The van der Waals surface area contributed by atoms with E-state index in [4.69, 9.17) is 5.73 Å². The third kappa shape index (κ3) is 3.87. The molecule has 8 heteroatoms. The summed E-state index contributed by atoms with van der Waals surface area (Å²) < 4.78 is 41.3. The highest BCUT2D eigenvalue weighted by atomic mass is 32.2. The average molecular weight is 312 g/mol. The molecule has 1 aromatic carbocycles. The Balaban J connectivity index is 2.14. The number of halogens is 1. The molecule has 2 aromatic rings. The molecule has 0 aliphatic rings. The Labute approximate surface area is 122 Å². The maximum absolute atomic E-state index is 12.9. The lowest BCUT2D eigenvalue weighted by atomic mass is 10.1. The first-order chi connectivity index (χ1) is 9.92. The molecule has 1 heterocycles. The number of nitrogens with two attached hydrogens (primary N) is 1. The van der Waals surface area contributed by atoms with E-state index >= 15 is 0 Å². The van der Waals surface area contributed by atoms with E-state index in [2.05, 4.69) is 9.82 Å². The van der Waals surface area contributed by atoms with Crippen LogP contribution in [0, 0.1) is 5.82 Å². The van der Waals surface area contributed by atoms with Gasteiger partial charge in [0.05, 0.1) is 12.7 Å². The second-order valence-corrected chi connectivity index (χ2v) is 6.34. The van der Waals surface area contributed by atoms with Crippen LogP contribution in [0.15, 0.2) is 41.6 Å². The minimum atomic E-state index is -3.68. The van der Waals surface area contributed by atoms with E-state index < -0.39 is 16.1 Å². The SMILES string of the molecule is CC(NS(=O)(=O)c1cnn(CCN)c1)c1ccc(F)cc1. The Morgan fingerprint density at radius 2 is 2.05 bits per heavy atom. The standard InChI is InChI=1S/C13H17FN4O2S/c1-10(11-2-4-12(14)5-3-11)17-21(19,20)13-8-16-18(9-13)7-6-15/h2-5,8-10,17H,6-7,15H2,1H3. The number of nitrogens with zero attached hydrogens (tertiary/aromatic N) is 2. The molecule has 114 valence electrons. The summed E-state index contributed by atoms with van der Waals surface area (Å²) in [5, 5.41) is 3.93. The molecule has 6 nitrogen and oxygen atoms in total. The van der Waals surface area contributed by atoms with Crippen molar-refractivity contribution in [1.82, 2.24) is 14.5 Å². The molecule has 1 atom stereocenters. The summed E-state index contributed by atoms with van der Waals surface area (Å²) in [5.74, 6) is -0.364. The third-order valence-electron chi connectivity index (χ3n) is 2.98. The lowest BCUT2D eigenvalue weighted by Gasteiger charge is -2.13. The van der Waals surface area contributed by atoms with Crippen LogP contribution in [-0.2, 0) is 16.6 Å². The van der Waals surface area contributed by atoms with Crippen molar-refractivity contribution in [3.63, 3.8) is 0 Å². The Bertz CT molecular complexity index is 697. The first kappa shape index (κ1) is 15.6. The van der Waals surface area contributed by atoms with Crippen molar-refractivity contribution < 1.29 is 12.8 Å². The van der Waals surface area contributed by atoms with Gasteiger partial charge in [-0.2, -0.15) is 5.10 Å². The fraction of sp³-hybridized carbons (Fsp3) is 0.308. The average Bonchev–Trinajstić information content (AvgIpc) is 2.89. The Morgan fingerprint density at radius 1 is 1.38 bits per heavy atom. The van der Waals surface area contributed by atoms with Gasteiger partial charge in [-0.15, -0.1) is 0 Å². The van der Waals surface area contributed by atoms with E-state index in [1.54, 1.807) is 19.1 Å². The highest BCUT2D eigenvalue weighted by Crippen LogP contribution is 2.17. The number of hydrogen-bond acceptors (Lipinski definition) is 4. The number of nitrogens with one attached hydrogen (secondary N) is 1. The van der Waals surface area contributed by atoms with Crippen LogP contribution in [0.25, 0.3) is 0 Å². The second kappa shape index (κ2) is 6.33. The maximum atomic E-state index is 12.9. The van der Waals surface area contributed by atoms with Crippen molar-refractivity contribution in [2.24, 2.45) is 5.73 Å². The van der Waals surface area contributed by atoms with Gasteiger partial charge in [-0.25, -0.2) is 17.5 Å². The number of benzene rings is 1. The molecule has 0 saturated carbocycles. The zero-order chi connectivity index (χ0) is 15.5. The van der Waals surface area contributed by atoms with E-state index in [-0.39, 0.29) is 10.7 Å². The van der Waals surface area contributed by atoms with Crippen LogP contribution >= 0.6 is 0 Å². The summed E-state index contributed by atoms with van der Waals surface area (Å²) in [4.78, 5) is 0.0740. The van der Waals surface area contributed by atoms with Gasteiger partial charge < -0.3 is 5.73 Å². The summed E-state index contributed by atoms with van der Waals surface area (Å²) >= 11 is 0. The summed E-state index contributed by atoms with van der Waals surface area (Å²) in [6, 6.07) is 5.19. The predicted octanol–water partition coefficient (Wildman–Crippen LogP) is 1.02. The molecule has 0 spiro atoms. The molecule has 0 aliphatic carbocycles. The smallest absolute Gasteiger partial charge is 0.244 e. The van der Waals surface area contributed by atoms with Crippen molar-refractivity contribution in [3.8, 4) is 0 Å². The van der Waals surface area contributed by atoms with Crippen LogP contribution in [-0.4, -0.2) is 24.7 Å². The van der Waals surface area contributed by atoms with E-state index in [0.29, 0.717) is 18.7 Å². The van der Waals surface area contributed by atoms with Gasteiger partial charge in [0.15, 0.2) is 0 Å². The molecule has 0 saturated heterocycles. The first-order valence-corrected chi connectivity index (χ1v) is 7.91. The largest absolute Gasteiger partial charge is 0.329 e. The minimum Gasteiger partial charge on any atom is -0.329 e. The fourth-order valence-corrected chi connectivity index (χ4v) is 3.04. The highest BCUT2D eigenvalue weighted by Gasteiger charge is 2.20. The van der Waals surface area contributed by atoms with Gasteiger partial charge >= 0.3 is 0 Å². The lowest BCUT2D eigenvalue weighted by molar-refractivity contribution is 0.565. The Morgan fingerprint density at radius 3 is 2.67 bits per heavy atom. The van der Waals surface area contributed by atoms with Gasteiger partial charge in [-0.3, -0.25) is 4.68 Å². The van der Waals surface area contributed by atoms with Gasteiger partial charge in [-0.1, -0.05) is 12.1 Å². The number of sulfonamides is 1. The molecular formula is C13H17FN4O2S. The minimum absolute atomic E-state index is 0.0740. The maximum Gasteiger partial charge on any atom is 0.244 e. The molecule has 21 heavy (non-hydrogen) atoms. The molecule has 0 amide bonds. The summed E-state index contributed by atoms with van der Waals surface area (Å²) in [6.07, 6.45) is 2.70. The number of aromatic nitrogens is 2. The highest BCUT2D eigenvalue weighted by molar-refractivity contribution is 7.89. The molecule has 0 radical (unpaired) electrons. The third-order valence-corrected chi connectivity index (χ3v) is 4.48. The van der Waals surface area contributed by atoms with Gasteiger partial charge in [-0.05, 0) is 24.6 Å². The van der Waals surface area contributed by atoms with Crippen LogP contribution in [0.1, 0.15) is 18.5 Å². The Kier molecular flexibility index (Phi) is 4.71. The van der Waals surface area contributed by atoms with Crippen molar-refractivity contribution in [1.29, 1.82) is 0 Å². The quantitative estimate of drug-likeness (QED) is 0.833. The zero-order valence-corrected chi connectivity index (χ0v) is 12.3. The molecule has 0 bridgehead atoms. The van der Waals surface area contributed by atoms with E-state index in [0.717, 1.165) is 0 Å². The molecule has 2 rings (SSSR count). The van der Waals surface area contributed by atoms with E-state index in [1.807, 2.05) is 0 Å². The van der Waals surface area contributed by atoms with Gasteiger partial charge in [0, 0.05) is 18.8 Å². The molecule has 0 aliphatic heterocycles. The molecule has 1 unspecified atom stereocenters. The molecular weight excluding hydrogens is 295 g/mol. The first-order valence-electron chi connectivity index (χ1n) is 6.42. The van der Waals surface area contributed by atoms with Crippen molar-refractivity contribution in [3.05, 3.63) is 48.0 Å². The van der Waals surface area contributed by atoms with Crippen molar-refractivity contribution in [2.75, 3.05) is 6.54 Å². The van der Waals surface area contributed by atoms with Crippen molar-refractivity contribution in [2.45, 2.75) is 24.4 Å². The topological polar surface area (TPSA) is 90.0 Å². The summed E-state index contributed by atoms with van der Waals surface area (Å²) in [6.45, 7) is 2.51. The van der Waals surface area contributed by atoms with Gasteiger partial charge in [0.2, 0.25) is 10.0 Å². The van der Waals surface area contributed by atoms with Crippen LogP contribution in [0.5, 0.6) is 0 Å². The molecule has 1 aromatic heterocycles. The van der Waals surface area contributed by atoms with Crippen LogP contribution in [0.4, 0.5) is 4.39 Å². The predicted molar refractivity (Wildman–Crippen MR) is 76.4 cm³/mol. The van der Waals surface area contributed by atoms with Crippen molar-refractivity contribution >= 4 is 10.0 Å². The van der Waals surface area contributed by atoms with Gasteiger partial charge in [0.1, 0.15) is 10.7 Å². The number of hydrogen-bond donors (Lipinski definition) is 2. The van der Waals surface area contributed by atoms with E-state index in [9.17, 15) is 12.8 Å². The summed E-state index contributed by atoms with van der Waals surface area (Å²) in [7, 11) is -3.68. The zero-order valence-electron chi connectivity index (χ0n) is 11.5. The monoisotopic (exact) mass is 312 g/mol. The molecule has 0 fully saturated rings. The molecule has 3 N–H and O–H groups in total. The van der Waals surface area contributed by atoms with Gasteiger partial charge in [0.25, 0.3) is 0 Å². The van der Waals surface area contributed by atoms with Crippen LogP contribution < -0.4 is 10.5 Å². The number of rotatable bonds is 6. The second-order valence-electron chi connectivity index (χ2n) is 4.62. The van der Waals surface area contributed by atoms with Crippen LogP contribution in [0.2, 0.25) is 0 Å². The fourth-order valence-electron chi connectivity index (χ4n) is 1.86. The normalized spacial score (nSPS) is 13.3.